The molecule has 0 aliphatic carbocycles. The van der Waals surface area contributed by atoms with Gasteiger partial charge in [-0.15, -0.1) is 0 Å². The van der Waals surface area contributed by atoms with Crippen LogP contribution in [-0.2, 0) is 0 Å². The number of methoxy groups -OCH3 is 1. The molecule has 0 bridgehead atoms. The van der Waals surface area contributed by atoms with Crippen LogP contribution in [0.3, 0.4) is 0 Å². The van der Waals surface area contributed by atoms with E-state index >= 15 is 0 Å². The van der Waals surface area contributed by atoms with E-state index in [9.17, 15) is 4.39 Å². The Morgan fingerprint density at radius 2 is 2.00 bits per heavy atom. The molecule has 0 radical (unpaired) electrons. The maximum absolute atomic E-state index is 13.6. The van der Waals surface area contributed by atoms with E-state index in [1.54, 1.807) is 31.5 Å². The van der Waals surface area contributed by atoms with Crippen LogP contribution in [0.4, 0.5) is 10.2 Å². The molecule has 5 nitrogen and oxygen atoms in total. The molecule has 1 aromatic heterocycles. The zero-order valence-corrected chi connectivity index (χ0v) is 14.0. The summed E-state index contributed by atoms with van der Waals surface area (Å²) in [4.78, 5) is 11.0. The van der Waals surface area contributed by atoms with Crippen molar-refractivity contribution in [3.63, 3.8) is 0 Å². The van der Waals surface area contributed by atoms with Crippen molar-refractivity contribution >= 4 is 5.82 Å². The van der Waals surface area contributed by atoms with Gasteiger partial charge in [-0.25, -0.2) is 14.4 Å². The van der Waals surface area contributed by atoms with E-state index in [1.165, 1.54) is 6.07 Å². The summed E-state index contributed by atoms with van der Waals surface area (Å²) >= 11 is 0. The molecule has 1 aliphatic rings. The van der Waals surface area contributed by atoms with Crippen LogP contribution in [0.2, 0.25) is 0 Å². The summed E-state index contributed by atoms with van der Waals surface area (Å²) in [6.07, 6.45) is 3.64. The maximum atomic E-state index is 13.6. The summed E-state index contributed by atoms with van der Waals surface area (Å²) in [7, 11) is 1.61. The number of aryl methyl sites for hydroxylation is 1. The first-order chi connectivity index (χ1) is 11.7. The predicted molar refractivity (Wildman–Crippen MR) is 90.2 cm³/mol. The molecular weight excluding hydrogens is 309 g/mol. The van der Waals surface area contributed by atoms with E-state index < -0.39 is 0 Å². The molecule has 1 saturated heterocycles. The van der Waals surface area contributed by atoms with Crippen molar-refractivity contribution < 1.29 is 13.9 Å². The number of halogens is 1. The fraction of sp³-hybridized carbons (Fsp3) is 0.444. The second-order valence-electron chi connectivity index (χ2n) is 6.02. The van der Waals surface area contributed by atoms with Crippen molar-refractivity contribution in [3.8, 4) is 11.6 Å². The lowest BCUT2D eigenvalue weighted by atomic mass is 9.98. The standard InChI is InChI=1S/C18H22FN3O2/c1-13-11-20-18(23-2)17(21-13)22-9-7-14(8-10-22)12-24-16-6-4-3-5-15(16)19/h3-6,11,14H,7-10,12H2,1-2H3. The Bertz CT molecular complexity index is 688. The Kier molecular flexibility index (Phi) is 5.13. The average Bonchev–Trinajstić information content (AvgIpc) is 2.61. The molecular formula is C18H22FN3O2. The van der Waals surface area contributed by atoms with Crippen molar-refractivity contribution in [2.24, 2.45) is 5.92 Å². The number of benzene rings is 1. The van der Waals surface area contributed by atoms with Crippen molar-refractivity contribution in [2.75, 3.05) is 31.7 Å². The third kappa shape index (κ3) is 3.75. The number of anilines is 1. The van der Waals surface area contributed by atoms with Gasteiger partial charge in [0.2, 0.25) is 0 Å². The van der Waals surface area contributed by atoms with Crippen molar-refractivity contribution in [2.45, 2.75) is 19.8 Å². The topological polar surface area (TPSA) is 47.5 Å². The maximum Gasteiger partial charge on any atom is 0.257 e. The summed E-state index contributed by atoms with van der Waals surface area (Å²) in [6, 6.07) is 6.53. The first kappa shape index (κ1) is 16.5. The number of para-hydroxylation sites is 1. The van der Waals surface area contributed by atoms with E-state index in [1.807, 2.05) is 6.92 Å². The van der Waals surface area contributed by atoms with E-state index in [2.05, 4.69) is 14.9 Å². The number of rotatable bonds is 5. The molecule has 0 atom stereocenters. The summed E-state index contributed by atoms with van der Waals surface area (Å²) in [5.74, 6) is 1.78. The Morgan fingerprint density at radius 3 is 2.71 bits per heavy atom. The van der Waals surface area contributed by atoms with Gasteiger partial charge in [0.05, 0.1) is 25.6 Å². The number of aromatic nitrogens is 2. The van der Waals surface area contributed by atoms with Gasteiger partial charge in [-0.1, -0.05) is 12.1 Å². The number of piperidine rings is 1. The first-order valence-electron chi connectivity index (χ1n) is 8.17. The van der Waals surface area contributed by atoms with E-state index in [0.717, 1.165) is 37.4 Å². The van der Waals surface area contributed by atoms with Gasteiger partial charge in [0, 0.05) is 13.1 Å². The van der Waals surface area contributed by atoms with Crippen molar-refractivity contribution in [3.05, 3.63) is 42.0 Å². The molecule has 0 saturated carbocycles. The SMILES string of the molecule is COc1ncc(C)nc1N1CCC(COc2ccccc2F)CC1. The lowest BCUT2D eigenvalue weighted by Gasteiger charge is -2.33. The van der Waals surface area contributed by atoms with Gasteiger partial charge >= 0.3 is 0 Å². The molecule has 6 heteroatoms. The lowest BCUT2D eigenvalue weighted by molar-refractivity contribution is 0.215. The van der Waals surface area contributed by atoms with Crippen LogP contribution in [0, 0.1) is 18.7 Å². The second-order valence-corrected chi connectivity index (χ2v) is 6.02. The molecule has 2 aromatic rings. The highest BCUT2D eigenvalue weighted by Crippen LogP contribution is 2.28. The molecule has 128 valence electrons. The number of hydrogen-bond donors (Lipinski definition) is 0. The average molecular weight is 331 g/mol. The molecule has 0 N–H and O–H groups in total. The molecule has 0 unspecified atom stereocenters. The first-order valence-corrected chi connectivity index (χ1v) is 8.17. The van der Waals surface area contributed by atoms with Crippen LogP contribution < -0.4 is 14.4 Å². The second kappa shape index (κ2) is 7.47. The normalized spacial score (nSPS) is 15.4. The minimum absolute atomic E-state index is 0.310. The zero-order chi connectivity index (χ0) is 16.9. The minimum atomic E-state index is -0.310. The third-order valence-electron chi connectivity index (χ3n) is 4.26. The highest BCUT2D eigenvalue weighted by molar-refractivity contribution is 5.48. The molecule has 24 heavy (non-hydrogen) atoms. The monoisotopic (exact) mass is 331 g/mol. The van der Waals surface area contributed by atoms with E-state index in [4.69, 9.17) is 9.47 Å². The molecule has 0 spiro atoms. The Labute approximate surface area is 141 Å². The third-order valence-corrected chi connectivity index (χ3v) is 4.26. The minimum Gasteiger partial charge on any atom is -0.490 e. The van der Waals surface area contributed by atoms with Crippen LogP contribution in [0.5, 0.6) is 11.6 Å². The van der Waals surface area contributed by atoms with Gasteiger partial charge in [0.15, 0.2) is 17.4 Å². The van der Waals surface area contributed by atoms with Gasteiger partial charge in [-0.05, 0) is 37.8 Å². The van der Waals surface area contributed by atoms with Crippen LogP contribution in [-0.4, -0.2) is 36.8 Å². The molecule has 1 fully saturated rings. The fourth-order valence-corrected chi connectivity index (χ4v) is 2.88. The van der Waals surface area contributed by atoms with E-state index in [0.29, 0.717) is 24.2 Å². The Morgan fingerprint density at radius 1 is 1.25 bits per heavy atom. The molecule has 1 aliphatic heterocycles. The molecule has 2 heterocycles. The Hall–Kier alpha value is -2.37. The van der Waals surface area contributed by atoms with Crippen LogP contribution in [0.1, 0.15) is 18.5 Å². The largest absolute Gasteiger partial charge is 0.490 e. The van der Waals surface area contributed by atoms with Gasteiger partial charge in [0.25, 0.3) is 5.88 Å². The highest BCUT2D eigenvalue weighted by atomic mass is 19.1. The van der Waals surface area contributed by atoms with Crippen LogP contribution in [0.25, 0.3) is 0 Å². The summed E-state index contributed by atoms with van der Waals surface area (Å²) in [5.41, 5.74) is 0.871. The van der Waals surface area contributed by atoms with Crippen molar-refractivity contribution in [1.82, 2.24) is 9.97 Å². The quantitative estimate of drug-likeness (QED) is 0.842. The van der Waals surface area contributed by atoms with Crippen molar-refractivity contribution in [1.29, 1.82) is 0 Å². The smallest absolute Gasteiger partial charge is 0.257 e. The van der Waals surface area contributed by atoms with Crippen LogP contribution in [0.15, 0.2) is 30.5 Å². The Balaban J connectivity index is 1.56. The molecule has 1 aromatic carbocycles. The van der Waals surface area contributed by atoms with Gasteiger partial charge in [-0.2, -0.15) is 0 Å². The zero-order valence-electron chi connectivity index (χ0n) is 14.0. The van der Waals surface area contributed by atoms with Gasteiger partial charge in [-0.3, -0.25) is 0 Å². The van der Waals surface area contributed by atoms with E-state index in [-0.39, 0.29) is 5.82 Å². The van der Waals surface area contributed by atoms with Crippen LogP contribution >= 0.6 is 0 Å². The predicted octanol–water partition coefficient (Wildman–Crippen LogP) is 3.23. The van der Waals surface area contributed by atoms with Gasteiger partial charge < -0.3 is 14.4 Å². The highest BCUT2D eigenvalue weighted by Gasteiger charge is 2.24. The fourth-order valence-electron chi connectivity index (χ4n) is 2.88. The lowest BCUT2D eigenvalue weighted by Crippen LogP contribution is -2.36. The summed E-state index contributed by atoms with van der Waals surface area (Å²) < 4.78 is 24.5. The number of nitrogens with zero attached hydrogens (tertiary/aromatic N) is 3. The molecule has 3 rings (SSSR count). The summed E-state index contributed by atoms with van der Waals surface area (Å²) in [6.45, 7) is 4.18. The summed E-state index contributed by atoms with van der Waals surface area (Å²) in [5, 5.41) is 0. The molecule has 0 amide bonds. The van der Waals surface area contributed by atoms with Gasteiger partial charge in [0.1, 0.15) is 0 Å². The number of hydrogen-bond acceptors (Lipinski definition) is 5. The number of ether oxygens (including phenoxy) is 2.